The number of rotatable bonds is 4. The van der Waals surface area contributed by atoms with E-state index in [-0.39, 0.29) is 0 Å². The molecule has 1 aromatic carbocycles. The van der Waals surface area contributed by atoms with Crippen LogP contribution in [0.5, 0.6) is 5.75 Å². The van der Waals surface area contributed by atoms with E-state index in [0.29, 0.717) is 18.8 Å². The summed E-state index contributed by atoms with van der Waals surface area (Å²) in [5.41, 5.74) is 7.85. The van der Waals surface area contributed by atoms with E-state index < -0.39 is 0 Å². The number of hydrogen-bond donors (Lipinski definition) is 1. The number of ether oxygens (including phenoxy) is 1. The van der Waals surface area contributed by atoms with E-state index in [4.69, 9.17) is 10.5 Å². The highest BCUT2D eigenvalue weighted by molar-refractivity contribution is 5.38. The molecule has 1 heterocycles. The average Bonchev–Trinajstić information content (AvgIpc) is 2.71. The van der Waals surface area contributed by atoms with Crippen molar-refractivity contribution >= 4 is 0 Å². The lowest BCUT2D eigenvalue weighted by molar-refractivity contribution is 0.410. The topological polar surface area (TPSA) is 66.0 Å². The van der Waals surface area contributed by atoms with Gasteiger partial charge < -0.3 is 10.5 Å². The quantitative estimate of drug-likeness (QED) is 0.879. The van der Waals surface area contributed by atoms with Crippen LogP contribution in [0.15, 0.2) is 18.2 Å². The minimum Gasteiger partial charge on any atom is -0.496 e. The van der Waals surface area contributed by atoms with E-state index in [9.17, 15) is 0 Å². The first kappa shape index (κ1) is 12.6. The lowest BCUT2D eigenvalue weighted by Gasteiger charge is -2.08. The summed E-state index contributed by atoms with van der Waals surface area (Å²) in [6, 6.07) is 6.12. The molecular formula is C13H18N4O. The third-order valence-corrected chi connectivity index (χ3v) is 2.86. The standard InChI is InChI=1S/C13H18N4O/c1-9-4-5-11(18-3)10(6-9)7-13-15-12(8-14)16-17(13)2/h4-6H,7-8,14H2,1-3H3. The minimum atomic E-state index is 0.360. The van der Waals surface area contributed by atoms with Crippen LogP contribution in [0.4, 0.5) is 0 Å². The van der Waals surface area contributed by atoms with Gasteiger partial charge in [-0.3, -0.25) is 4.68 Å². The van der Waals surface area contributed by atoms with Crippen LogP contribution in [0.2, 0.25) is 0 Å². The van der Waals surface area contributed by atoms with Gasteiger partial charge in [-0.25, -0.2) is 4.98 Å². The number of nitrogens with two attached hydrogens (primary N) is 1. The summed E-state index contributed by atoms with van der Waals surface area (Å²) >= 11 is 0. The smallest absolute Gasteiger partial charge is 0.164 e. The van der Waals surface area contributed by atoms with Gasteiger partial charge in [-0.05, 0) is 13.0 Å². The first-order valence-electron chi connectivity index (χ1n) is 5.86. The van der Waals surface area contributed by atoms with Crippen molar-refractivity contribution in [1.29, 1.82) is 0 Å². The van der Waals surface area contributed by atoms with Gasteiger partial charge in [0, 0.05) is 19.0 Å². The van der Waals surface area contributed by atoms with Crippen LogP contribution in [0.1, 0.15) is 22.8 Å². The van der Waals surface area contributed by atoms with Crippen LogP contribution in [0, 0.1) is 6.92 Å². The van der Waals surface area contributed by atoms with Crippen molar-refractivity contribution in [1.82, 2.24) is 14.8 Å². The zero-order valence-corrected chi connectivity index (χ0v) is 11.0. The molecule has 0 radical (unpaired) electrons. The van der Waals surface area contributed by atoms with Crippen molar-refractivity contribution in [3.05, 3.63) is 41.0 Å². The van der Waals surface area contributed by atoms with E-state index >= 15 is 0 Å². The highest BCUT2D eigenvalue weighted by Gasteiger charge is 2.10. The first-order valence-corrected chi connectivity index (χ1v) is 5.86. The van der Waals surface area contributed by atoms with Crippen molar-refractivity contribution in [2.24, 2.45) is 12.8 Å². The number of nitrogens with zero attached hydrogens (tertiary/aromatic N) is 3. The second-order valence-electron chi connectivity index (χ2n) is 4.26. The van der Waals surface area contributed by atoms with E-state index in [0.717, 1.165) is 17.1 Å². The molecule has 0 aliphatic heterocycles. The van der Waals surface area contributed by atoms with Gasteiger partial charge in [0.05, 0.1) is 13.7 Å². The second kappa shape index (κ2) is 5.18. The molecule has 5 nitrogen and oxygen atoms in total. The molecule has 2 rings (SSSR count). The summed E-state index contributed by atoms with van der Waals surface area (Å²) in [5, 5.41) is 4.24. The van der Waals surface area contributed by atoms with Gasteiger partial charge in [0.1, 0.15) is 11.6 Å². The number of hydrogen-bond acceptors (Lipinski definition) is 4. The van der Waals surface area contributed by atoms with Crippen molar-refractivity contribution < 1.29 is 4.74 Å². The van der Waals surface area contributed by atoms with E-state index in [1.165, 1.54) is 5.56 Å². The van der Waals surface area contributed by atoms with Gasteiger partial charge in [0.25, 0.3) is 0 Å². The Labute approximate surface area is 107 Å². The molecule has 0 amide bonds. The maximum absolute atomic E-state index is 5.54. The van der Waals surface area contributed by atoms with Crippen LogP contribution in [0.25, 0.3) is 0 Å². The number of benzene rings is 1. The summed E-state index contributed by atoms with van der Waals surface area (Å²) in [5.74, 6) is 2.43. The van der Waals surface area contributed by atoms with E-state index in [2.05, 4.69) is 23.1 Å². The molecule has 0 unspecified atom stereocenters. The maximum atomic E-state index is 5.54. The number of methoxy groups -OCH3 is 1. The molecule has 0 aliphatic rings. The largest absolute Gasteiger partial charge is 0.496 e. The van der Waals surface area contributed by atoms with Crippen LogP contribution in [-0.2, 0) is 20.0 Å². The number of aryl methyl sites for hydroxylation is 2. The van der Waals surface area contributed by atoms with Crippen molar-refractivity contribution in [2.45, 2.75) is 19.9 Å². The maximum Gasteiger partial charge on any atom is 0.164 e. The van der Waals surface area contributed by atoms with Crippen molar-refractivity contribution in [3.8, 4) is 5.75 Å². The summed E-state index contributed by atoms with van der Waals surface area (Å²) < 4.78 is 7.13. The Balaban J connectivity index is 2.32. The van der Waals surface area contributed by atoms with E-state index in [1.54, 1.807) is 11.8 Å². The predicted molar refractivity (Wildman–Crippen MR) is 69.4 cm³/mol. The molecule has 0 fully saturated rings. The third-order valence-electron chi connectivity index (χ3n) is 2.86. The summed E-state index contributed by atoms with van der Waals surface area (Å²) in [4.78, 5) is 4.40. The fraction of sp³-hybridized carbons (Fsp3) is 0.385. The summed E-state index contributed by atoms with van der Waals surface area (Å²) in [7, 11) is 3.56. The minimum absolute atomic E-state index is 0.360. The Kier molecular flexibility index (Phi) is 3.62. The van der Waals surface area contributed by atoms with Crippen LogP contribution in [-0.4, -0.2) is 21.9 Å². The van der Waals surface area contributed by atoms with Gasteiger partial charge in [0.15, 0.2) is 5.82 Å². The third kappa shape index (κ3) is 2.51. The zero-order chi connectivity index (χ0) is 13.1. The second-order valence-corrected chi connectivity index (χ2v) is 4.26. The van der Waals surface area contributed by atoms with Gasteiger partial charge in [-0.1, -0.05) is 17.7 Å². The summed E-state index contributed by atoms with van der Waals surface area (Å²) in [6.07, 6.45) is 0.689. The highest BCUT2D eigenvalue weighted by Crippen LogP contribution is 2.22. The SMILES string of the molecule is COc1ccc(C)cc1Cc1nc(CN)nn1C. The molecule has 0 bridgehead atoms. The molecule has 1 aromatic heterocycles. The molecular weight excluding hydrogens is 228 g/mol. The monoisotopic (exact) mass is 246 g/mol. The van der Waals surface area contributed by atoms with E-state index in [1.807, 2.05) is 19.2 Å². The predicted octanol–water partition coefficient (Wildman–Crippen LogP) is 1.18. The molecule has 0 atom stereocenters. The van der Waals surface area contributed by atoms with Crippen LogP contribution >= 0.6 is 0 Å². The Morgan fingerprint density at radius 1 is 1.39 bits per heavy atom. The lowest BCUT2D eigenvalue weighted by Crippen LogP contribution is -2.02. The summed E-state index contributed by atoms with van der Waals surface area (Å²) in [6.45, 7) is 2.42. The van der Waals surface area contributed by atoms with Crippen molar-refractivity contribution in [3.63, 3.8) is 0 Å². The lowest BCUT2D eigenvalue weighted by atomic mass is 10.1. The fourth-order valence-electron chi connectivity index (χ4n) is 1.93. The highest BCUT2D eigenvalue weighted by atomic mass is 16.5. The number of aromatic nitrogens is 3. The molecule has 0 saturated heterocycles. The molecule has 5 heteroatoms. The van der Waals surface area contributed by atoms with Gasteiger partial charge in [-0.15, -0.1) is 0 Å². The normalized spacial score (nSPS) is 10.7. The van der Waals surface area contributed by atoms with Crippen molar-refractivity contribution in [2.75, 3.05) is 7.11 Å². The first-order chi connectivity index (χ1) is 8.63. The fourth-order valence-corrected chi connectivity index (χ4v) is 1.93. The molecule has 0 spiro atoms. The van der Waals surface area contributed by atoms with Gasteiger partial charge in [-0.2, -0.15) is 5.10 Å². The molecule has 18 heavy (non-hydrogen) atoms. The van der Waals surface area contributed by atoms with Gasteiger partial charge >= 0.3 is 0 Å². The van der Waals surface area contributed by atoms with Gasteiger partial charge in [0.2, 0.25) is 0 Å². The average molecular weight is 246 g/mol. The Bertz CT molecular complexity index is 548. The van der Waals surface area contributed by atoms with Crippen LogP contribution in [0.3, 0.4) is 0 Å². The Morgan fingerprint density at radius 2 is 2.17 bits per heavy atom. The van der Waals surface area contributed by atoms with Crippen LogP contribution < -0.4 is 10.5 Å². The molecule has 96 valence electrons. The molecule has 2 aromatic rings. The molecule has 0 aliphatic carbocycles. The zero-order valence-electron chi connectivity index (χ0n) is 11.0. The molecule has 2 N–H and O–H groups in total. The molecule has 0 saturated carbocycles. The Morgan fingerprint density at radius 3 is 2.78 bits per heavy atom. The Hall–Kier alpha value is -1.88.